The van der Waals surface area contributed by atoms with Crippen LogP contribution >= 0.6 is 23.2 Å². The second-order valence-electron chi connectivity index (χ2n) is 10.9. The van der Waals surface area contributed by atoms with E-state index in [1.807, 2.05) is 4.57 Å². The molecule has 8 nitrogen and oxygen atoms in total. The fourth-order valence-electron chi connectivity index (χ4n) is 5.64. The number of fused-ring (bicyclic) bond motifs is 1. The van der Waals surface area contributed by atoms with Gasteiger partial charge in [-0.1, -0.05) is 48.5 Å². The molecule has 0 aliphatic carbocycles. The highest BCUT2D eigenvalue weighted by Gasteiger charge is 2.38. The van der Waals surface area contributed by atoms with Gasteiger partial charge in [-0.2, -0.15) is 0 Å². The Kier molecular flexibility index (Phi) is 8.75. The summed E-state index contributed by atoms with van der Waals surface area (Å²) in [5.74, 6) is -0.544. The molecule has 1 unspecified atom stereocenters. The average Bonchev–Trinajstić information content (AvgIpc) is 3.60. The Balaban J connectivity index is 1.22. The number of rotatable bonds is 9. The molecule has 3 aromatic carbocycles. The molecule has 3 heterocycles. The van der Waals surface area contributed by atoms with Crippen molar-refractivity contribution in [1.29, 1.82) is 0 Å². The predicted octanol–water partition coefficient (Wildman–Crippen LogP) is 8.10. The van der Waals surface area contributed by atoms with E-state index in [4.69, 9.17) is 27.9 Å². The van der Waals surface area contributed by atoms with Crippen LogP contribution in [0.2, 0.25) is 10.3 Å². The van der Waals surface area contributed by atoms with Gasteiger partial charge in [0.2, 0.25) is 11.2 Å². The third-order valence-corrected chi connectivity index (χ3v) is 8.32. The molecule has 1 aliphatic heterocycles. The highest BCUT2D eigenvalue weighted by atomic mass is 35.5. The summed E-state index contributed by atoms with van der Waals surface area (Å²) >= 11 is 12.0. The third kappa shape index (κ3) is 6.31. The van der Waals surface area contributed by atoms with Crippen LogP contribution in [0.25, 0.3) is 22.0 Å². The fourth-order valence-corrected chi connectivity index (χ4v) is 5.98. The molecule has 1 saturated heterocycles. The van der Waals surface area contributed by atoms with Gasteiger partial charge in [0.25, 0.3) is 0 Å². The van der Waals surface area contributed by atoms with Crippen LogP contribution < -0.4 is 10.1 Å². The smallest absolute Gasteiger partial charge is 0.247 e. The molecule has 1 aliphatic rings. The largest absolute Gasteiger partial charge is 0.454 e. The molecular formula is C34H27Cl2F2N5O3. The van der Waals surface area contributed by atoms with Crippen molar-refractivity contribution in [3.8, 4) is 22.6 Å². The van der Waals surface area contributed by atoms with Crippen LogP contribution in [-0.2, 0) is 11.3 Å². The number of hydrogen-bond donors (Lipinski definition) is 1. The van der Waals surface area contributed by atoms with Gasteiger partial charge in [0.05, 0.1) is 24.6 Å². The molecule has 0 saturated carbocycles. The SMILES string of the molecule is C=C(Cn1cc(C(C)=O)c2cc(Oc3cnc(Cl)nc3)ccc21)N1C[C@H](F)CC1C(=O)Nc1cccc(-c2ccccc2Cl)c1F. The van der Waals surface area contributed by atoms with Crippen LogP contribution in [0, 0.1) is 5.82 Å². The summed E-state index contributed by atoms with van der Waals surface area (Å²) in [6.07, 6.45) is 3.19. The first-order valence-corrected chi connectivity index (χ1v) is 15.1. The summed E-state index contributed by atoms with van der Waals surface area (Å²) in [5.41, 5.74) is 2.29. The maximum absolute atomic E-state index is 15.6. The van der Waals surface area contributed by atoms with Crippen LogP contribution in [-0.4, -0.2) is 49.9 Å². The molecule has 12 heteroatoms. The number of nitrogens with one attached hydrogen (secondary N) is 1. The lowest BCUT2D eigenvalue weighted by Gasteiger charge is -2.28. The van der Waals surface area contributed by atoms with E-state index in [2.05, 4.69) is 21.9 Å². The van der Waals surface area contributed by atoms with Crippen LogP contribution in [0.5, 0.6) is 11.5 Å². The molecule has 6 rings (SSSR count). The Morgan fingerprint density at radius 3 is 2.52 bits per heavy atom. The number of likely N-dealkylation sites (tertiary alicyclic amines) is 1. The van der Waals surface area contributed by atoms with Crippen molar-refractivity contribution in [3.05, 3.63) is 113 Å². The van der Waals surface area contributed by atoms with Crippen molar-refractivity contribution in [3.63, 3.8) is 0 Å². The minimum atomic E-state index is -1.29. The fraction of sp³-hybridized carbons (Fsp3) is 0.176. The standard InChI is InChI=1S/C34H27Cl2F2N5O3/c1-19(16-42-18-27(20(2)44)26-13-22(10-11-30(26)42)46-23-14-39-34(36)40-15-23)43-17-21(37)12-31(43)33(45)41-29-9-5-7-25(32(29)38)24-6-3-4-8-28(24)35/h3-11,13-15,18,21,31H,1,12,16-17H2,2H3,(H,41,45)/t21-,31?/m1/s1. The topological polar surface area (TPSA) is 89.4 Å². The molecule has 1 amide bonds. The van der Waals surface area contributed by atoms with Crippen LogP contribution in [0.15, 0.2) is 91.5 Å². The van der Waals surface area contributed by atoms with Crippen LogP contribution in [0.4, 0.5) is 14.5 Å². The van der Waals surface area contributed by atoms with E-state index in [9.17, 15) is 14.0 Å². The number of ketones is 1. The number of nitrogens with zero attached hydrogens (tertiary/aromatic N) is 4. The van der Waals surface area contributed by atoms with Gasteiger partial charge in [0, 0.05) is 57.5 Å². The number of amides is 1. The second kappa shape index (κ2) is 12.9. The minimum Gasteiger partial charge on any atom is -0.454 e. The van der Waals surface area contributed by atoms with E-state index >= 15 is 4.39 Å². The monoisotopic (exact) mass is 661 g/mol. The summed E-state index contributed by atoms with van der Waals surface area (Å²) in [7, 11) is 0. The molecular weight excluding hydrogens is 635 g/mol. The van der Waals surface area contributed by atoms with Gasteiger partial charge in [-0.15, -0.1) is 0 Å². The van der Waals surface area contributed by atoms with Crippen molar-refractivity contribution >= 4 is 51.5 Å². The van der Waals surface area contributed by atoms with Crippen molar-refractivity contribution in [2.24, 2.45) is 0 Å². The Morgan fingerprint density at radius 1 is 1.04 bits per heavy atom. The second-order valence-corrected chi connectivity index (χ2v) is 11.6. The molecule has 234 valence electrons. The zero-order valence-electron chi connectivity index (χ0n) is 24.5. The van der Waals surface area contributed by atoms with E-state index < -0.39 is 23.9 Å². The number of hydrogen-bond acceptors (Lipinski definition) is 6. The number of allylic oxidation sites excluding steroid dienone is 1. The van der Waals surface area contributed by atoms with Gasteiger partial charge in [-0.3, -0.25) is 9.59 Å². The molecule has 0 bridgehead atoms. The summed E-state index contributed by atoms with van der Waals surface area (Å²) in [4.78, 5) is 35.5. The van der Waals surface area contributed by atoms with Crippen molar-refractivity contribution in [1.82, 2.24) is 19.4 Å². The lowest BCUT2D eigenvalue weighted by atomic mass is 10.0. The molecule has 5 aromatic rings. The number of ether oxygens (including phenoxy) is 1. The number of benzene rings is 3. The molecule has 2 aromatic heterocycles. The Bertz CT molecular complexity index is 1980. The number of carbonyl (C=O) groups is 2. The zero-order valence-corrected chi connectivity index (χ0v) is 26.0. The maximum Gasteiger partial charge on any atom is 0.247 e. The number of halogens is 4. The lowest BCUT2D eigenvalue weighted by Crippen LogP contribution is -2.39. The zero-order chi connectivity index (χ0) is 32.5. The molecule has 0 radical (unpaired) electrons. The summed E-state index contributed by atoms with van der Waals surface area (Å²) in [6, 6.07) is 15.8. The predicted molar refractivity (Wildman–Crippen MR) is 174 cm³/mol. The van der Waals surface area contributed by atoms with Gasteiger partial charge in [-0.25, -0.2) is 18.7 Å². The first-order chi connectivity index (χ1) is 22.1. The molecule has 2 atom stereocenters. The van der Waals surface area contributed by atoms with Crippen molar-refractivity contribution in [2.75, 3.05) is 11.9 Å². The lowest BCUT2D eigenvalue weighted by molar-refractivity contribution is -0.119. The van der Waals surface area contributed by atoms with Gasteiger partial charge >= 0.3 is 0 Å². The van der Waals surface area contributed by atoms with Crippen LogP contribution in [0.3, 0.4) is 0 Å². The Morgan fingerprint density at radius 2 is 1.78 bits per heavy atom. The normalized spacial score (nSPS) is 16.1. The van der Waals surface area contributed by atoms with E-state index in [0.717, 1.165) is 0 Å². The first kappa shape index (κ1) is 31.2. The highest BCUT2D eigenvalue weighted by molar-refractivity contribution is 6.33. The number of anilines is 1. The quantitative estimate of drug-likeness (QED) is 0.127. The van der Waals surface area contributed by atoms with Gasteiger partial charge in [-0.05, 0) is 48.9 Å². The van der Waals surface area contributed by atoms with Gasteiger partial charge < -0.3 is 19.5 Å². The summed E-state index contributed by atoms with van der Waals surface area (Å²) < 4.78 is 38.0. The minimum absolute atomic E-state index is 0.0408. The number of Topliss-reactive ketones (excluding diaryl/α,β-unsaturated/α-hetero) is 1. The molecule has 46 heavy (non-hydrogen) atoms. The average molecular weight is 663 g/mol. The summed E-state index contributed by atoms with van der Waals surface area (Å²) in [6.45, 7) is 5.74. The molecule has 1 fully saturated rings. The number of alkyl halides is 1. The summed E-state index contributed by atoms with van der Waals surface area (Å²) in [5, 5.41) is 3.74. The van der Waals surface area contributed by atoms with E-state index in [1.165, 1.54) is 25.4 Å². The highest BCUT2D eigenvalue weighted by Crippen LogP contribution is 2.34. The van der Waals surface area contributed by atoms with Crippen LogP contribution in [0.1, 0.15) is 23.7 Å². The number of carbonyl (C=O) groups excluding carboxylic acids is 2. The maximum atomic E-state index is 15.6. The van der Waals surface area contributed by atoms with E-state index in [1.54, 1.807) is 65.7 Å². The third-order valence-electron chi connectivity index (χ3n) is 7.80. The van der Waals surface area contributed by atoms with Gasteiger partial charge in [0.1, 0.15) is 18.0 Å². The van der Waals surface area contributed by atoms with E-state index in [0.29, 0.717) is 44.2 Å². The Labute approximate surface area is 273 Å². The van der Waals surface area contributed by atoms with Gasteiger partial charge in [0.15, 0.2) is 17.3 Å². The first-order valence-electron chi connectivity index (χ1n) is 14.3. The van der Waals surface area contributed by atoms with Crippen molar-refractivity contribution in [2.45, 2.75) is 32.1 Å². The molecule has 1 N–H and O–H groups in total. The molecule has 0 spiro atoms. The Hall–Kier alpha value is -4.80. The van der Waals surface area contributed by atoms with Crippen molar-refractivity contribution < 1.29 is 23.1 Å². The van der Waals surface area contributed by atoms with E-state index in [-0.39, 0.29) is 41.8 Å². The number of aromatic nitrogens is 3.